The molecule has 0 radical (unpaired) electrons. The van der Waals surface area contributed by atoms with Crippen LogP contribution in [-0.2, 0) is 14.8 Å². The van der Waals surface area contributed by atoms with Gasteiger partial charge in [0.15, 0.2) is 11.5 Å². The van der Waals surface area contributed by atoms with Crippen LogP contribution in [0.1, 0.15) is 31.2 Å². The molecule has 0 bridgehead atoms. The minimum atomic E-state index is -4.36. The number of rotatable bonds is 7. The second kappa shape index (κ2) is 9.34. The number of aryl methyl sites for hydroxylation is 1. The maximum absolute atomic E-state index is 13.1. The number of carbonyl (C=O) groups is 1. The second-order valence-corrected chi connectivity index (χ2v) is 10.2. The van der Waals surface area contributed by atoms with Gasteiger partial charge in [0.1, 0.15) is 12.1 Å². The van der Waals surface area contributed by atoms with E-state index in [4.69, 9.17) is 0 Å². The Kier molecular flexibility index (Phi) is 6.63. The molecule has 1 aromatic carbocycles. The lowest BCUT2D eigenvalue weighted by Gasteiger charge is -2.32. The monoisotopic (exact) mass is 495 g/mol. The molecule has 3 aromatic rings. The first-order valence-corrected chi connectivity index (χ1v) is 12.2. The number of aromatic nitrogens is 3. The Morgan fingerprint density at radius 2 is 1.91 bits per heavy atom. The van der Waals surface area contributed by atoms with Crippen LogP contribution in [-0.4, -0.2) is 52.4 Å². The fourth-order valence-corrected chi connectivity index (χ4v) is 5.30. The van der Waals surface area contributed by atoms with Crippen LogP contribution in [0.4, 0.5) is 19.0 Å². The van der Waals surface area contributed by atoms with Crippen molar-refractivity contribution in [1.82, 2.24) is 18.9 Å². The van der Waals surface area contributed by atoms with Crippen LogP contribution in [0.5, 0.6) is 0 Å². The van der Waals surface area contributed by atoms with Crippen LogP contribution < -0.4 is 5.43 Å². The van der Waals surface area contributed by atoms with Crippen LogP contribution in [0.25, 0.3) is 11.0 Å². The van der Waals surface area contributed by atoms with E-state index < -0.39 is 40.7 Å². The van der Waals surface area contributed by atoms with Crippen LogP contribution in [0.3, 0.4) is 0 Å². The summed E-state index contributed by atoms with van der Waals surface area (Å²) in [6, 6.07) is 8.06. The lowest BCUT2D eigenvalue weighted by molar-refractivity contribution is -0.145. The van der Waals surface area contributed by atoms with Gasteiger partial charge in [-0.05, 0) is 38.0 Å². The zero-order valence-electron chi connectivity index (χ0n) is 18.4. The molecule has 0 spiro atoms. The first kappa shape index (κ1) is 24.1. The number of nitrogens with zero attached hydrogens (tertiary/aromatic N) is 4. The molecule has 4 rings (SSSR count). The van der Waals surface area contributed by atoms with Crippen molar-refractivity contribution < 1.29 is 26.4 Å². The highest BCUT2D eigenvalue weighted by atomic mass is 32.2. The summed E-state index contributed by atoms with van der Waals surface area (Å²) in [5.74, 6) is -0.564. The van der Waals surface area contributed by atoms with E-state index in [9.17, 15) is 26.4 Å². The largest absolute Gasteiger partial charge is 0.389 e. The number of benzene rings is 1. The number of ketones is 1. The number of nitrogens with one attached hydrogen (secondary N) is 1. The van der Waals surface area contributed by atoms with Gasteiger partial charge in [0.05, 0.1) is 16.7 Å². The van der Waals surface area contributed by atoms with Crippen molar-refractivity contribution in [3.63, 3.8) is 0 Å². The Bertz CT molecular complexity index is 1290. The molecule has 2 aromatic heterocycles. The third-order valence-electron chi connectivity index (χ3n) is 5.82. The number of halogens is 3. The molecule has 1 fully saturated rings. The molecule has 1 aliphatic rings. The van der Waals surface area contributed by atoms with Crippen molar-refractivity contribution in [1.29, 1.82) is 0 Å². The number of piperidine rings is 1. The Labute approximate surface area is 194 Å². The maximum Gasteiger partial charge on any atom is 0.389 e. The molecule has 0 amide bonds. The molecule has 182 valence electrons. The zero-order valence-corrected chi connectivity index (χ0v) is 19.2. The summed E-state index contributed by atoms with van der Waals surface area (Å²) in [5, 5.41) is 2.19. The zero-order chi connectivity index (χ0) is 24.5. The fraction of sp³-hybridized carbons (Fsp3) is 0.409. The molecule has 1 aliphatic heterocycles. The Morgan fingerprint density at radius 1 is 1.18 bits per heavy atom. The second-order valence-electron chi connectivity index (χ2n) is 8.37. The van der Waals surface area contributed by atoms with Gasteiger partial charge < -0.3 is 5.43 Å². The van der Waals surface area contributed by atoms with Crippen molar-refractivity contribution in [3.05, 3.63) is 48.4 Å². The van der Waals surface area contributed by atoms with Gasteiger partial charge in [0.2, 0.25) is 0 Å². The van der Waals surface area contributed by atoms with Gasteiger partial charge in [-0.2, -0.15) is 13.2 Å². The van der Waals surface area contributed by atoms with Gasteiger partial charge in [0, 0.05) is 31.6 Å². The first-order valence-electron chi connectivity index (χ1n) is 10.8. The highest BCUT2D eigenvalue weighted by molar-refractivity contribution is 7.90. The number of anilines is 1. The predicted octanol–water partition coefficient (Wildman–Crippen LogP) is 3.93. The molecule has 3 heterocycles. The molecule has 0 aliphatic carbocycles. The van der Waals surface area contributed by atoms with Gasteiger partial charge in [-0.25, -0.2) is 27.4 Å². The first-order chi connectivity index (χ1) is 16.0. The molecule has 12 heteroatoms. The maximum atomic E-state index is 13.1. The van der Waals surface area contributed by atoms with Crippen molar-refractivity contribution in [3.8, 4) is 0 Å². The van der Waals surface area contributed by atoms with Gasteiger partial charge in [-0.3, -0.25) is 4.79 Å². The lowest BCUT2D eigenvalue weighted by Crippen LogP contribution is -2.42. The molecule has 1 atom stereocenters. The number of Topliss-reactive ketones (excluding diaryl/α,β-unsaturated/α-hetero) is 1. The highest BCUT2D eigenvalue weighted by Gasteiger charge is 2.32. The number of hydrogen-bond donors (Lipinski definition) is 1. The van der Waals surface area contributed by atoms with Crippen molar-refractivity contribution in [2.24, 2.45) is 5.92 Å². The predicted molar refractivity (Wildman–Crippen MR) is 120 cm³/mol. The molecule has 34 heavy (non-hydrogen) atoms. The normalized spacial score (nSPS) is 17.7. The topological polar surface area (TPSA) is 97.2 Å². The number of hydrazine groups is 1. The highest BCUT2D eigenvalue weighted by Crippen LogP contribution is 2.28. The van der Waals surface area contributed by atoms with Crippen molar-refractivity contribution in [2.45, 2.75) is 43.7 Å². The number of alkyl halides is 3. The van der Waals surface area contributed by atoms with Crippen molar-refractivity contribution in [2.75, 3.05) is 18.5 Å². The summed E-state index contributed by atoms with van der Waals surface area (Å²) in [7, 11) is -3.88. The summed E-state index contributed by atoms with van der Waals surface area (Å²) < 4.78 is 64.8. The van der Waals surface area contributed by atoms with E-state index in [-0.39, 0.29) is 17.1 Å². The summed E-state index contributed by atoms with van der Waals surface area (Å²) in [4.78, 5) is 20.8. The van der Waals surface area contributed by atoms with Gasteiger partial charge in [-0.1, -0.05) is 17.7 Å². The summed E-state index contributed by atoms with van der Waals surface area (Å²) in [6.07, 6.45) is -2.21. The Balaban J connectivity index is 1.53. The summed E-state index contributed by atoms with van der Waals surface area (Å²) in [5.41, 5.74) is 4.21. The molecule has 8 nitrogen and oxygen atoms in total. The number of carbonyl (C=O) groups excluding carboxylic acids is 1. The molecule has 1 N–H and O–H groups in total. The van der Waals surface area contributed by atoms with E-state index in [0.29, 0.717) is 30.6 Å². The summed E-state index contributed by atoms with van der Waals surface area (Å²) in [6.45, 7) is 2.67. The third kappa shape index (κ3) is 5.22. The van der Waals surface area contributed by atoms with Crippen LogP contribution in [0, 0.1) is 12.8 Å². The third-order valence-corrected chi connectivity index (χ3v) is 7.50. The van der Waals surface area contributed by atoms with E-state index in [1.807, 2.05) is 6.92 Å². The Morgan fingerprint density at radius 3 is 2.62 bits per heavy atom. The fourth-order valence-electron chi connectivity index (χ4n) is 4.00. The van der Waals surface area contributed by atoms with E-state index in [1.165, 1.54) is 24.7 Å². The smallest absolute Gasteiger partial charge is 0.302 e. The van der Waals surface area contributed by atoms with Crippen LogP contribution in [0.15, 0.2) is 47.8 Å². The molecule has 1 unspecified atom stereocenters. The molecular weight excluding hydrogens is 471 g/mol. The van der Waals surface area contributed by atoms with E-state index >= 15 is 0 Å². The molecular formula is C22H24F3N5O3S. The lowest BCUT2D eigenvalue weighted by atomic mass is 9.92. The molecule has 1 saturated heterocycles. The standard InChI is InChI=1S/C22H24F3N5O3S/c1-15-4-6-17(7-5-15)34(32,33)30-12-9-18-20(26-14-27-21(18)30)28-29-11-2-3-16(13-29)19(31)8-10-22(23,24)25/h4-7,9,12,14,16H,2-3,8,10-11,13H2,1H3,(H,26,27,28). The van der Waals surface area contributed by atoms with Crippen LogP contribution >= 0.6 is 0 Å². The number of hydrogen-bond acceptors (Lipinski definition) is 7. The van der Waals surface area contributed by atoms with Gasteiger partial charge in [-0.15, -0.1) is 0 Å². The quantitative estimate of drug-likeness (QED) is 0.531. The average Bonchev–Trinajstić information content (AvgIpc) is 3.24. The molecule has 0 saturated carbocycles. The number of fused-ring (bicyclic) bond motifs is 1. The van der Waals surface area contributed by atoms with Crippen LogP contribution in [0.2, 0.25) is 0 Å². The SMILES string of the molecule is Cc1ccc(S(=O)(=O)n2ccc3c(NN4CCCC(C(=O)CCC(F)(F)F)C4)ncnc32)cc1. The van der Waals surface area contributed by atoms with E-state index in [1.54, 1.807) is 23.2 Å². The average molecular weight is 496 g/mol. The van der Waals surface area contributed by atoms with E-state index in [2.05, 4.69) is 15.4 Å². The minimum absolute atomic E-state index is 0.125. The Hall–Kier alpha value is -2.99. The van der Waals surface area contributed by atoms with Gasteiger partial charge in [0.25, 0.3) is 10.0 Å². The van der Waals surface area contributed by atoms with Crippen molar-refractivity contribution >= 4 is 32.7 Å². The van der Waals surface area contributed by atoms with Gasteiger partial charge >= 0.3 is 6.18 Å². The minimum Gasteiger partial charge on any atom is -0.302 e. The van der Waals surface area contributed by atoms with E-state index in [0.717, 1.165) is 9.54 Å². The summed E-state index contributed by atoms with van der Waals surface area (Å²) >= 11 is 0.